The van der Waals surface area contributed by atoms with E-state index in [0.29, 0.717) is 35.1 Å². The maximum atomic E-state index is 12.6. The van der Waals surface area contributed by atoms with Crippen LogP contribution in [0.25, 0.3) is 5.82 Å². The number of amides is 1. The number of carbonyl (C=O) groups excluding carboxylic acids is 1. The summed E-state index contributed by atoms with van der Waals surface area (Å²) in [5.74, 6) is 0.917. The third-order valence-electron chi connectivity index (χ3n) is 5.61. The van der Waals surface area contributed by atoms with Crippen molar-refractivity contribution in [3.63, 3.8) is 0 Å². The number of aryl methyl sites for hydroxylation is 1. The minimum Gasteiger partial charge on any atom is -0.493 e. The molecule has 1 fully saturated rings. The van der Waals surface area contributed by atoms with E-state index in [9.17, 15) is 9.90 Å². The van der Waals surface area contributed by atoms with E-state index in [1.165, 1.54) is 10.8 Å². The minimum atomic E-state index is -0.387. The number of pyridine rings is 1. The number of H-pyrrole nitrogens is 1. The van der Waals surface area contributed by atoms with Gasteiger partial charge in [0.25, 0.3) is 0 Å². The van der Waals surface area contributed by atoms with Crippen LogP contribution in [0.3, 0.4) is 0 Å². The van der Waals surface area contributed by atoms with Crippen molar-refractivity contribution in [2.45, 2.75) is 33.1 Å². The van der Waals surface area contributed by atoms with Crippen LogP contribution in [-0.4, -0.2) is 73.2 Å². The molecule has 0 bridgehead atoms. The molecule has 1 saturated heterocycles. The fourth-order valence-electron chi connectivity index (χ4n) is 3.74. The summed E-state index contributed by atoms with van der Waals surface area (Å²) in [6, 6.07) is 3.31. The number of aromatic nitrogens is 4. The van der Waals surface area contributed by atoms with Gasteiger partial charge in [0.2, 0.25) is 5.88 Å². The van der Waals surface area contributed by atoms with Gasteiger partial charge in [0.15, 0.2) is 10.5 Å². The first-order valence-corrected chi connectivity index (χ1v) is 12.2. The molecule has 1 amide bonds. The van der Waals surface area contributed by atoms with Crippen LogP contribution in [0.2, 0.25) is 0 Å². The SMILES string of the molecule is Cc1nc(CCN2CCN(C(=O)Oc3ccc(-n4c(O)c(C(C)C)[nH]c4=S)nc3)CC2)cs1. The van der Waals surface area contributed by atoms with E-state index < -0.39 is 0 Å². The van der Waals surface area contributed by atoms with E-state index in [4.69, 9.17) is 17.0 Å². The summed E-state index contributed by atoms with van der Waals surface area (Å²) >= 11 is 6.99. The van der Waals surface area contributed by atoms with Crippen molar-refractivity contribution in [3.8, 4) is 17.4 Å². The second kappa shape index (κ2) is 10.0. The van der Waals surface area contributed by atoms with Gasteiger partial charge in [-0.25, -0.2) is 19.3 Å². The predicted octanol–water partition coefficient (Wildman–Crippen LogP) is 3.88. The lowest BCUT2D eigenvalue weighted by Crippen LogP contribution is -2.49. The Balaban J connectivity index is 1.30. The zero-order chi connectivity index (χ0) is 23.5. The number of aromatic amines is 1. The Labute approximate surface area is 201 Å². The summed E-state index contributed by atoms with van der Waals surface area (Å²) in [5.41, 5.74) is 1.78. The number of rotatable bonds is 6. The molecule has 0 spiro atoms. The molecule has 9 nitrogen and oxygen atoms in total. The number of ether oxygens (including phenoxy) is 1. The van der Waals surface area contributed by atoms with Crippen molar-refractivity contribution >= 4 is 29.6 Å². The second-order valence-electron chi connectivity index (χ2n) is 8.31. The van der Waals surface area contributed by atoms with E-state index in [1.807, 2.05) is 20.8 Å². The standard InChI is InChI=1S/C22H28N6O3S2/c1-14(2)19-20(29)28(21(32)25-19)18-5-4-17(12-23-18)31-22(30)27-10-8-26(9-11-27)7-6-16-13-33-15(3)24-16/h4-5,12-14,29H,6-11H2,1-3H3,(H,25,32). The molecule has 1 aliphatic rings. The van der Waals surface area contributed by atoms with Gasteiger partial charge < -0.3 is 19.7 Å². The zero-order valence-corrected chi connectivity index (χ0v) is 20.6. The molecular formula is C22H28N6O3S2. The number of thiazole rings is 1. The fraction of sp³-hybridized carbons (Fsp3) is 0.455. The van der Waals surface area contributed by atoms with Gasteiger partial charge in [0.1, 0.15) is 5.82 Å². The molecule has 3 aromatic heterocycles. The molecule has 0 radical (unpaired) electrons. The summed E-state index contributed by atoms with van der Waals surface area (Å²) in [6.07, 6.45) is 2.00. The van der Waals surface area contributed by atoms with Gasteiger partial charge in [-0.15, -0.1) is 11.3 Å². The fourth-order valence-corrected chi connectivity index (χ4v) is 4.68. The summed E-state index contributed by atoms with van der Waals surface area (Å²) in [6.45, 7) is 9.71. The number of hydrogen-bond donors (Lipinski definition) is 2. The third-order valence-corrected chi connectivity index (χ3v) is 6.72. The van der Waals surface area contributed by atoms with Crippen LogP contribution in [0.15, 0.2) is 23.7 Å². The van der Waals surface area contributed by atoms with Crippen LogP contribution < -0.4 is 4.74 Å². The largest absolute Gasteiger partial charge is 0.493 e. The Morgan fingerprint density at radius 1 is 1.30 bits per heavy atom. The van der Waals surface area contributed by atoms with Gasteiger partial charge in [0, 0.05) is 44.5 Å². The topological polar surface area (TPSA) is 99.5 Å². The van der Waals surface area contributed by atoms with E-state index in [2.05, 4.69) is 25.2 Å². The molecule has 176 valence electrons. The highest BCUT2D eigenvalue weighted by molar-refractivity contribution is 7.71. The predicted molar refractivity (Wildman–Crippen MR) is 129 cm³/mol. The molecular weight excluding hydrogens is 460 g/mol. The molecule has 4 heterocycles. The lowest BCUT2D eigenvalue weighted by Gasteiger charge is -2.33. The summed E-state index contributed by atoms with van der Waals surface area (Å²) in [5, 5.41) is 13.7. The summed E-state index contributed by atoms with van der Waals surface area (Å²) in [7, 11) is 0. The number of piperazine rings is 1. The zero-order valence-electron chi connectivity index (χ0n) is 18.9. The number of nitrogens with zero attached hydrogens (tertiary/aromatic N) is 5. The lowest BCUT2D eigenvalue weighted by atomic mass is 10.1. The smallest absolute Gasteiger partial charge is 0.415 e. The first-order valence-electron chi connectivity index (χ1n) is 10.9. The van der Waals surface area contributed by atoms with E-state index in [0.717, 1.165) is 36.8 Å². The molecule has 0 saturated carbocycles. The van der Waals surface area contributed by atoms with Crippen LogP contribution in [-0.2, 0) is 6.42 Å². The number of aromatic hydroxyl groups is 1. The lowest BCUT2D eigenvalue weighted by molar-refractivity contribution is 0.111. The molecule has 0 unspecified atom stereocenters. The molecule has 1 aliphatic heterocycles. The molecule has 2 N–H and O–H groups in total. The first-order chi connectivity index (χ1) is 15.8. The number of imidazole rings is 1. The van der Waals surface area contributed by atoms with Crippen molar-refractivity contribution < 1.29 is 14.6 Å². The molecule has 3 aromatic rings. The van der Waals surface area contributed by atoms with E-state index in [-0.39, 0.29) is 17.9 Å². The summed E-state index contributed by atoms with van der Waals surface area (Å²) < 4.78 is 7.33. The van der Waals surface area contributed by atoms with Crippen molar-refractivity contribution in [2.75, 3.05) is 32.7 Å². The normalized spacial score (nSPS) is 14.7. The summed E-state index contributed by atoms with van der Waals surface area (Å²) in [4.78, 5) is 28.5. The van der Waals surface area contributed by atoms with Gasteiger partial charge in [0.05, 0.1) is 22.6 Å². The number of carbonyl (C=O) groups is 1. The minimum absolute atomic E-state index is 0.0371. The van der Waals surface area contributed by atoms with Crippen molar-refractivity contribution in [1.29, 1.82) is 0 Å². The van der Waals surface area contributed by atoms with E-state index in [1.54, 1.807) is 28.4 Å². The van der Waals surface area contributed by atoms with Crippen LogP contribution in [0.5, 0.6) is 11.6 Å². The molecule has 33 heavy (non-hydrogen) atoms. The quantitative estimate of drug-likeness (QED) is 0.508. The maximum absolute atomic E-state index is 12.6. The van der Waals surface area contributed by atoms with Crippen molar-refractivity contribution in [3.05, 3.63) is 44.9 Å². The number of nitrogens with one attached hydrogen (secondary N) is 1. The van der Waals surface area contributed by atoms with Crippen LogP contribution >= 0.6 is 23.6 Å². The van der Waals surface area contributed by atoms with Gasteiger partial charge in [-0.05, 0) is 37.2 Å². The monoisotopic (exact) mass is 488 g/mol. The average Bonchev–Trinajstić information content (AvgIpc) is 3.35. The Morgan fingerprint density at radius 2 is 2.06 bits per heavy atom. The van der Waals surface area contributed by atoms with Crippen molar-refractivity contribution in [2.24, 2.45) is 0 Å². The second-order valence-corrected chi connectivity index (χ2v) is 9.76. The Kier molecular flexibility index (Phi) is 7.11. The Morgan fingerprint density at radius 3 is 2.64 bits per heavy atom. The maximum Gasteiger partial charge on any atom is 0.415 e. The van der Waals surface area contributed by atoms with Gasteiger partial charge >= 0.3 is 6.09 Å². The van der Waals surface area contributed by atoms with E-state index >= 15 is 0 Å². The Hall–Kier alpha value is -2.76. The molecule has 4 rings (SSSR count). The average molecular weight is 489 g/mol. The van der Waals surface area contributed by atoms with Crippen LogP contribution in [0.1, 0.15) is 36.2 Å². The highest BCUT2D eigenvalue weighted by Crippen LogP contribution is 2.27. The molecule has 0 atom stereocenters. The van der Waals surface area contributed by atoms with Gasteiger partial charge in [-0.3, -0.25) is 4.90 Å². The van der Waals surface area contributed by atoms with Crippen molar-refractivity contribution in [1.82, 2.24) is 29.3 Å². The van der Waals surface area contributed by atoms with Crippen LogP contribution in [0, 0.1) is 11.7 Å². The van der Waals surface area contributed by atoms with Gasteiger partial charge in [-0.2, -0.15) is 0 Å². The third kappa shape index (κ3) is 5.43. The Bertz CT molecular complexity index is 1160. The first kappa shape index (κ1) is 23.4. The van der Waals surface area contributed by atoms with Crippen LogP contribution in [0.4, 0.5) is 4.79 Å². The van der Waals surface area contributed by atoms with Gasteiger partial charge in [-0.1, -0.05) is 13.8 Å². The molecule has 0 aliphatic carbocycles. The highest BCUT2D eigenvalue weighted by Gasteiger charge is 2.23. The highest BCUT2D eigenvalue weighted by atomic mass is 32.1. The molecule has 0 aromatic carbocycles. The molecule has 11 heteroatoms. The number of hydrogen-bond acceptors (Lipinski definition) is 8.